The molecule has 16 heavy (non-hydrogen) atoms. The molecule has 96 valence electrons. The molecule has 1 fully saturated rings. The van der Waals surface area contributed by atoms with Gasteiger partial charge in [0.2, 0.25) is 0 Å². The van der Waals surface area contributed by atoms with Crippen LogP contribution in [0.3, 0.4) is 0 Å². The molecule has 1 atom stereocenters. The average molecular weight is 228 g/mol. The first-order chi connectivity index (χ1) is 7.76. The molecule has 0 bridgehead atoms. The topological polar surface area (TPSA) is 38.5 Å². The van der Waals surface area contributed by atoms with Crippen molar-refractivity contribution in [1.29, 1.82) is 0 Å². The summed E-state index contributed by atoms with van der Waals surface area (Å²) in [7, 11) is 2.19. The van der Waals surface area contributed by atoms with Crippen LogP contribution < -0.4 is 5.73 Å². The number of hydrogen-bond donors (Lipinski definition) is 1. The Bertz CT molecular complexity index is 163. The Hall–Kier alpha value is -0.120. The molecule has 1 aliphatic rings. The van der Waals surface area contributed by atoms with Gasteiger partial charge < -0.3 is 15.4 Å². The Kier molecular flexibility index (Phi) is 7.01. The van der Waals surface area contributed by atoms with Crippen LogP contribution in [0, 0.1) is 5.92 Å². The van der Waals surface area contributed by atoms with Crippen molar-refractivity contribution in [1.82, 2.24) is 4.90 Å². The highest BCUT2D eigenvalue weighted by Crippen LogP contribution is 2.24. The molecule has 1 saturated carbocycles. The standard InChI is InChI=1S/C13H28N2O/c1-3-16-13(9-14)11-15(2)10-12-7-5-4-6-8-12/h12-13H,3-11,14H2,1-2H3. The van der Waals surface area contributed by atoms with Gasteiger partial charge in [0.1, 0.15) is 0 Å². The normalized spacial score (nSPS) is 20.2. The first kappa shape index (κ1) is 13.9. The number of ether oxygens (including phenoxy) is 1. The van der Waals surface area contributed by atoms with Crippen LogP contribution in [-0.4, -0.2) is 44.3 Å². The van der Waals surface area contributed by atoms with E-state index in [0.717, 1.165) is 19.1 Å². The van der Waals surface area contributed by atoms with Gasteiger partial charge in [0.05, 0.1) is 6.10 Å². The lowest BCUT2D eigenvalue weighted by Crippen LogP contribution is -2.38. The highest BCUT2D eigenvalue weighted by atomic mass is 16.5. The summed E-state index contributed by atoms with van der Waals surface area (Å²) >= 11 is 0. The van der Waals surface area contributed by atoms with Crippen molar-refractivity contribution in [2.45, 2.75) is 45.1 Å². The molecule has 2 N–H and O–H groups in total. The van der Waals surface area contributed by atoms with Gasteiger partial charge in [0, 0.05) is 26.2 Å². The van der Waals surface area contributed by atoms with Crippen molar-refractivity contribution in [3.05, 3.63) is 0 Å². The van der Waals surface area contributed by atoms with Gasteiger partial charge in [-0.25, -0.2) is 0 Å². The lowest BCUT2D eigenvalue weighted by molar-refractivity contribution is 0.0407. The number of nitrogens with zero attached hydrogens (tertiary/aromatic N) is 1. The van der Waals surface area contributed by atoms with E-state index < -0.39 is 0 Å². The minimum Gasteiger partial charge on any atom is -0.376 e. The SMILES string of the molecule is CCOC(CN)CN(C)CC1CCCCC1. The molecule has 0 amide bonds. The second-order valence-corrected chi connectivity index (χ2v) is 5.04. The Labute approximate surface area is 100 Å². The summed E-state index contributed by atoms with van der Waals surface area (Å²) in [4.78, 5) is 2.39. The van der Waals surface area contributed by atoms with Gasteiger partial charge in [-0.15, -0.1) is 0 Å². The Morgan fingerprint density at radius 2 is 2.00 bits per heavy atom. The molecular formula is C13H28N2O. The van der Waals surface area contributed by atoms with Crippen molar-refractivity contribution in [3.63, 3.8) is 0 Å². The highest BCUT2D eigenvalue weighted by Gasteiger charge is 2.17. The maximum Gasteiger partial charge on any atom is 0.0823 e. The molecule has 0 spiro atoms. The zero-order chi connectivity index (χ0) is 11.8. The molecule has 0 saturated heterocycles. The molecule has 1 unspecified atom stereocenters. The molecule has 0 aromatic rings. The molecule has 0 radical (unpaired) electrons. The third kappa shape index (κ3) is 5.28. The van der Waals surface area contributed by atoms with Crippen LogP contribution >= 0.6 is 0 Å². The van der Waals surface area contributed by atoms with Gasteiger partial charge in [-0.2, -0.15) is 0 Å². The van der Waals surface area contributed by atoms with E-state index in [9.17, 15) is 0 Å². The molecule has 3 heteroatoms. The maximum absolute atomic E-state index is 5.69. The summed E-state index contributed by atoms with van der Waals surface area (Å²) in [6, 6.07) is 0. The highest BCUT2D eigenvalue weighted by molar-refractivity contribution is 4.71. The second kappa shape index (κ2) is 8.04. The first-order valence-electron chi connectivity index (χ1n) is 6.76. The summed E-state index contributed by atoms with van der Waals surface area (Å²) in [5, 5.41) is 0. The molecule has 0 heterocycles. The fourth-order valence-electron chi connectivity index (χ4n) is 2.66. The molecular weight excluding hydrogens is 200 g/mol. The van der Waals surface area contributed by atoms with Crippen molar-refractivity contribution < 1.29 is 4.74 Å². The van der Waals surface area contributed by atoms with Gasteiger partial charge in [-0.1, -0.05) is 19.3 Å². The van der Waals surface area contributed by atoms with Gasteiger partial charge >= 0.3 is 0 Å². The Morgan fingerprint density at radius 1 is 1.31 bits per heavy atom. The van der Waals surface area contributed by atoms with Crippen molar-refractivity contribution in [2.24, 2.45) is 11.7 Å². The van der Waals surface area contributed by atoms with Crippen LogP contribution in [0.4, 0.5) is 0 Å². The quantitative estimate of drug-likeness (QED) is 0.723. The van der Waals surface area contributed by atoms with Gasteiger partial charge in [0.15, 0.2) is 0 Å². The minimum atomic E-state index is 0.207. The van der Waals surface area contributed by atoms with E-state index in [0.29, 0.717) is 6.54 Å². The fraction of sp³-hybridized carbons (Fsp3) is 1.00. The van der Waals surface area contributed by atoms with Crippen LogP contribution in [0.1, 0.15) is 39.0 Å². The third-order valence-corrected chi connectivity index (χ3v) is 3.48. The molecule has 3 nitrogen and oxygen atoms in total. The van der Waals surface area contributed by atoms with E-state index in [1.807, 2.05) is 6.92 Å². The summed E-state index contributed by atoms with van der Waals surface area (Å²) in [6.45, 7) is 5.61. The van der Waals surface area contributed by atoms with E-state index in [4.69, 9.17) is 10.5 Å². The maximum atomic E-state index is 5.69. The average Bonchev–Trinajstić information content (AvgIpc) is 2.29. The van der Waals surface area contributed by atoms with Crippen LogP contribution in [-0.2, 0) is 4.74 Å². The molecule has 1 aliphatic carbocycles. The summed E-state index contributed by atoms with van der Waals surface area (Å²) in [5.74, 6) is 0.902. The third-order valence-electron chi connectivity index (χ3n) is 3.48. The zero-order valence-electron chi connectivity index (χ0n) is 11.0. The number of likely N-dealkylation sites (N-methyl/N-ethyl adjacent to an activating group) is 1. The summed E-state index contributed by atoms with van der Waals surface area (Å²) in [6.07, 6.45) is 7.30. The van der Waals surface area contributed by atoms with Crippen LogP contribution in [0.2, 0.25) is 0 Å². The van der Waals surface area contributed by atoms with Crippen molar-refractivity contribution in [3.8, 4) is 0 Å². The molecule has 0 aromatic carbocycles. The first-order valence-corrected chi connectivity index (χ1v) is 6.76. The molecule has 0 aromatic heterocycles. The van der Waals surface area contributed by atoms with E-state index in [1.54, 1.807) is 0 Å². The van der Waals surface area contributed by atoms with Gasteiger partial charge in [0.25, 0.3) is 0 Å². The zero-order valence-corrected chi connectivity index (χ0v) is 11.0. The largest absolute Gasteiger partial charge is 0.376 e. The van der Waals surface area contributed by atoms with Gasteiger partial charge in [-0.3, -0.25) is 0 Å². The number of rotatable bonds is 7. The van der Waals surface area contributed by atoms with Gasteiger partial charge in [-0.05, 0) is 32.7 Å². The predicted octanol–water partition coefficient (Wildman–Crippen LogP) is 1.86. The molecule has 0 aliphatic heterocycles. The predicted molar refractivity (Wildman–Crippen MR) is 68.5 cm³/mol. The van der Waals surface area contributed by atoms with Crippen LogP contribution in [0.15, 0.2) is 0 Å². The number of nitrogens with two attached hydrogens (primary N) is 1. The number of hydrogen-bond acceptors (Lipinski definition) is 3. The van der Waals surface area contributed by atoms with E-state index >= 15 is 0 Å². The summed E-state index contributed by atoms with van der Waals surface area (Å²) < 4.78 is 5.58. The lowest BCUT2D eigenvalue weighted by Gasteiger charge is -2.29. The van der Waals surface area contributed by atoms with Crippen molar-refractivity contribution in [2.75, 3.05) is 33.3 Å². The van der Waals surface area contributed by atoms with E-state index in [-0.39, 0.29) is 6.10 Å². The van der Waals surface area contributed by atoms with E-state index in [1.165, 1.54) is 38.6 Å². The smallest absolute Gasteiger partial charge is 0.0823 e. The minimum absolute atomic E-state index is 0.207. The Morgan fingerprint density at radius 3 is 2.56 bits per heavy atom. The van der Waals surface area contributed by atoms with E-state index in [2.05, 4.69) is 11.9 Å². The monoisotopic (exact) mass is 228 g/mol. The van der Waals surface area contributed by atoms with Crippen LogP contribution in [0.5, 0.6) is 0 Å². The van der Waals surface area contributed by atoms with Crippen LogP contribution in [0.25, 0.3) is 0 Å². The Balaban J connectivity index is 2.19. The summed E-state index contributed by atoms with van der Waals surface area (Å²) in [5.41, 5.74) is 5.69. The molecule has 1 rings (SSSR count). The lowest BCUT2D eigenvalue weighted by atomic mass is 9.89. The van der Waals surface area contributed by atoms with Crippen molar-refractivity contribution >= 4 is 0 Å². The second-order valence-electron chi connectivity index (χ2n) is 5.04. The fourth-order valence-corrected chi connectivity index (χ4v) is 2.66.